The highest BCUT2D eigenvalue weighted by Gasteiger charge is 2.13. The Morgan fingerprint density at radius 3 is 2.37 bits per heavy atom. The molecule has 0 saturated carbocycles. The SMILES string of the molecule is O=C(O)CCC(=O)c1ccc(-c2ccc(F)cc2)o1. The van der Waals surface area contributed by atoms with Gasteiger partial charge in [0.2, 0.25) is 0 Å². The van der Waals surface area contributed by atoms with Crippen molar-refractivity contribution in [2.24, 2.45) is 0 Å². The third-order valence-electron chi connectivity index (χ3n) is 2.58. The van der Waals surface area contributed by atoms with E-state index in [0.717, 1.165) is 0 Å². The van der Waals surface area contributed by atoms with Gasteiger partial charge >= 0.3 is 5.97 Å². The van der Waals surface area contributed by atoms with E-state index in [1.165, 1.54) is 18.2 Å². The minimum Gasteiger partial charge on any atom is -0.481 e. The highest BCUT2D eigenvalue weighted by molar-refractivity contribution is 5.95. The van der Waals surface area contributed by atoms with E-state index in [1.54, 1.807) is 18.2 Å². The minimum atomic E-state index is -1.03. The summed E-state index contributed by atoms with van der Waals surface area (Å²) in [5, 5.41) is 8.50. The van der Waals surface area contributed by atoms with Crippen molar-refractivity contribution in [1.82, 2.24) is 0 Å². The van der Waals surface area contributed by atoms with Gasteiger partial charge in [-0.15, -0.1) is 0 Å². The van der Waals surface area contributed by atoms with Crippen molar-refractivity contribution in [2.75, 3.05) is 0 Å². The van der Waals surface area contributed by atoms with Crippen molar-refractivity contribution < 1.29 is 23.5 Å². The number of carboxylic acid groups (broad SMARTS) is 1. The summed E-state index contributed by atoms with van der Waals surface area (Å²) in [6, 6.07) is 8.76. The second-order valence-electron chi connectivity index (χ2n) is 3.99. The monoisotopic (exact) mass is 262 g/mol. The van der Waals surface area contributed by atoms with Gasteiger partial charge in [0.05, 0.1) is 6.42 Å². The Labute approximate surface area is 108 Å². The van der Waals surface area contributed by atoms with Crippen LogP contribution in [0.5, 0.6) is 0 Å². The number of rotatable bonds is 5. The summed E-state index contributed by atoms with van der Waals surface area (Å²) < 4.78 is 18.1. The molecule has 1 aromatic carbocycles. The summed E-state index contributed by atoms with van der Waals surface area (Å²) >= 11 is 0. The Balaban J connectivity index is 2.12. The average molecular weight is 262 g/mol. The molecule has 2 aromatic rings. The molecule has 4 nitrogen and oxygen atoms in total. The molecule has 0 atom stereocenters. The first-order valence-electron chi connectivity index (χ1n) is 5.67. The Hall–Kier alpha value is -2.43. The van der Waals surface area contributed by atoms with Gasteiger partial charge < -0.3 is 9.52 Å². The van der Waals surface area contributed by atoms with Gasteiger partial charge in [0, 0.05) is 12.0 Å². The lowest BCUT2D eigenvalue weighted by Crippen LogP contribution is -2.02. The van der Waals surface area contributed by atoms with Crippen LogP contribution in [0.15, 0.2) is 40.8 Å². The fraction of sp³-hybridized carbons (Fsp3) is 0.143. The topological polar surface area (TPSA) is 67.5 Å². The number of aliphatic carboxylic acids is 1. The number of ketones is 1. The van der Waals surface area contributed by atoms with Crippen LogP contribution in [0.1, 0.15) is 23.4 Å². The molecule has 0 spiro atoms. The van der Waals surface area contributed by atoms with E-state index in [4.69, 9.17) is 9.52 Å². The molecule has 0 unspecified atom stereocenters. The molecule has 0 bridgehead atoms. The molecule has 0 aliphatic heterocycles. The van der Waals surface area contributed by atoms with E-state index in [2.05, 4.69) is 0 Å². The molecule has 2 rings (SSSR count). The predicted octanol–water partition coefficient (Wildman–Crippen LogP) is 3.13. The number of carbonyl (C=O) groups excluding carboxylic acids is 1. The van der Waals surface area contributed by atoms with E-state index in [1.807, 2.05) is 0 Å². The van der Waals surface area contributed by atoms with Crippen molar-refractivity contribution in [3.05, 3.63) is 48.0 Å². The molecule has 1 aromatic heterocycles. The van der Waals surface area contributed by atoms with E-state index in [9.17, 15) is 14.0 Å². The van der Waals surface area contributed by atoms with Crippen molar-refractivity contribution in [1.29, 1.82) is 0 Å². The van der Waals surface area contributed by atoms with E-state index < -0.39 is 5.97 Å². The molecular formula is C14H11FO4. The Morgan fingerprint density at radius 2 is 1.74 bits per heavy atom. The van der Waals surface area contributed by atoms with Gasteiger partial charge in [-0.3, -0.25) is 9.59 Å². The zero-order chi connectivity index (χ0) is 13.8. The number of furan rings is 1. The maximum absolute atomic E-state index is 12.8. The molecule has 0 aliphatic carbocycles. The number of carbonyl (C=O) groups is 2. The fourth-order valence-corrected chi connectivity index (χ4v) is 1.60. The zero-order valence-corrected chi connectivity index (χ0v) is 9.93. The van der Waals surface area contributed by atoms with Crippen molar-refractivity contribution in [3.8, 4) is 11.3 Å². The lowest BCUT2D eigenvalue weighted by molar-refractivity contribution is -0.136. The summed E-state index contributed by atoms with van der Waals surface area (Å²) in [6.07, 6.45) is -0.336. The summed E-state index contributed by atoms with van der Waals surface area (Å²) in [4.78, 5) is 22.0. The van der Waals surface area contributed by atoms with Crippen LogP contribution in [-0.4, -0.2) is 16.9 Å². The van der Waals surface area contributed by atoms with Gasteiger partial charge in [-0.1, -0.05) is 0 Å². The Bertz CT molecular complexity index is 598. The molecule has 0 radical (unpaired) electrons. The number of hydrogen-bond acceptors (Lipinski definition) is 3. The summed E-state index contributed by atoms with van der Waals surface area (Å²) in [5.74, 6) is -1.19. The van der Waals surface area contributed by atoms with Gasteiger partial charge in [-0.05, 0) is 36.4 Å². The quantitative estimate of drug-likeness (QED) is 0.840. The van der Waals surface area contributed by atoms with Crippen LogP contribution < -0.4 is 0 Å². The van der Waals surface area contributed by atoms with Crippen LogP contribution in [0.2, 0.25) is 0 Å². The number of benzene rings is 1. The number of carboxylic acids is 1. The van der Waals surface area contributed by atoms with E-state index in [-0.39, 0.29) is 30.2 Å². The molecule has 0 saturated heterocycles. The molecule has 98 valence electrons. The number of halogens is 1. The standard InChI is InChI=1S/C14H11FO4/c15-10-3-1-9(2-4-10)12-6-7-13(19-12)11(16)5-8-14(17)18/h1-4,6-7H,5,8H2,(H,17,18). The first-order chi connectivity index (χ1) is 9.06. The normalized spacial score (nSPS) is 10.4. The molecule has 1 N–H and O–H groups in total. The second-order valence-corrected chi connectivity index (χ2v) is 3.99. The van der Waals surface area contributed by atoms with Crippen molar-refractivity contribution in [2.45, 2.75) is 12.8 Å². The molecule has 0 aliphatic rings. The largest absolute Gasteiger partial charge is 0.481 e. The summed E-state index contributed by atoms with van der Waals surface area (Å²) in [7, 11) is 0. The maximum Gasteiger partial charge on any atom is 0.303 e. The second kappa shape index (κ2) is 5.48. The van der Waals surface area contributed by atoms with Gasteiger partial charge in [-0.25, -0.2) is 4.39 Å². The van der Waals surface area contributed by atoms with Crippen LogP contribution in [0, 0.1) is 5.82 Å². The van der Waals surface area contributed by atoms with Gasteiger partial charge in [0.1, 0.15) is 11.6 Å². The van der Waals surface area contributed by atoms with Gasteiger partial charge in [0.25, 0.3) is 0 Å². The Kier molecular flexibility index (Phi) is 3.75. The lowest BCUT2D eigenvalue weighted by Gasteiger charge is -1.97. The van der Waals surface area contributed by atoms with Crippen molar-refractivity contribution in [3.63, 3.8) is 0 Å². The number of hydrogen-bond donors (Lipinski definition) is 1. The zero-order valence-electron chi connectivity index (χ0n) is 9.93. The van der Waals surface area contributed by atoms with Crippen LogP contribution in [-0.2, 0) is 4.79 Å². The molecule has 1 heterocycles. The van der Waals surface area contributed by atoms with E-state index >= 15 is 0 Å². The maximum atomic E-state index is 12.8. The number of Topliss-reactive ketones (excluding diaryl/α,β-unsaturated/α-hetero) is 1. The van der Waals surface area contributed by atoms with Gasteiger partial charge in [-0.2, -0.15) is 0 Å². The van der Waals surface area contributed by atoms with Crippen LogP contribution in [0.25, 0.3) is 11.3 Å². The first kappa shape index (κ1) is 13.0. The fourth-order valence-electron chi connectivity index (χ4n) is 1.60. The highest BCUT2D eigenvalue weighted by atomic mass is 19.1. The first-order valence-corrected chi connectivity index (χ1v) is 5.67. The average Bonchev–Trinajstić information content (AvgIpc) is 2.86. The van der Waals surface area contributed by atoms with Crippen LogP contribution >= 0.6 is 0 Å². The van der Waals surface area contributed by atoms with Crippen LogP contribution in [0.4, 0.5) is 4.39 Å². The smallest absolute Gasteiger partial charge is 0.303 e. The van der Waals surface area contributed by atoms with E-state index in [0.29, 0.717) is 11.3 Å². The third-order valence-corrected chi connectivity index (χ3v) is 2.58. The molecule has 0 amide bonds. The lowest BCUT2D eigenvalue weighted by atomic mass is 10.1. The van der Waals surface area contributed by atoms with Gasteiger partial charge in [0.15, 0.2) is 11.5 Å². The third kappa shape index (κ3) is 3.28. The van der Waals surface area contributed by atoms with Crippen molar-refractivity contribution >= 4 is 11.8 Å². The summed E-state index contributed by atoms with van der Waals surface area (Å²) in [5.41, 5.74) is 0.652. The molecule has 5 heteroatoms. The summed E-state index contributed by atoms with van der Waals surface area (Å²) in [6.45, 7) is 0. The van der Waals surface area contributed by atoms with Crippen LogP contribution in [0.3, 0.4) is 0 Å². The molecule has 19 heavy (non-hydrogen) atoms. The molecular weight excluding hydrogens is 251 g/mol. The highest BCUT2D eigenvalue weighted by Crippen LogP contribution is 2.23. The Morgan fingerprint density at radius 1 is 1.05 bits per heavy atom. The predicted molar refractivity (Wildman–Crippen MR) is 65.3 cm³/mol. The molecule has 0 fully saturated rings. The minimum absolute atomic E-state index is 0.105.